The Balaban J connectivity index is 0.000000941. The maximum atomic E-state index is 12.8. The van der Waals surface area contributed by atoms with Gasteiger partial charge in [-0.1, -0.05) is 35.5 Å². The smallest absolute Gasteiger partial charge is 0.290 e. The highest BCUT2D eigenvalue weighted by molar-refractivity contribution is 6.00. The molecule has 1 aliphatic rings. The molecule has 1 aliphatic carbocycles. The van der Waals surface area contributed by atoms with Gasteiger partial charge >= 0.3 is 0 Å². The van der Waals surface area contributed by atoms with Gasteiger partial charge in [0, 0.05) is 17.6 Å². The molecule has 156 valence electrons. The Morgan fingerprint density at radius 3 is 2.45 bits per heavy atom. The lowest BCUT2D eigenvalue weighted by Crippen LogP contribution is -2.46. The number of rotatable bonds is 5. The molecule has 0 saturated heterocycles. The van der Waals surface area contributed by atoms with Crippen molar-refractivity contribution in [3.05, 3.63) is 41.7 Å². The fourth-order valence-corrected chi connectivity index (χ4v) is 3.42. The zero-order chi connectivity index (χ0) is 21.2. The monoisotopic (exact) mass is 403 g/mol. The summed E-state index contributed by atoms with van der Waals surface area (Å²) in [5.74, 6) is -0.132. The second-order valence-corrected chi connectivity index (χ2v) is 6.69. The Kier molecular flexibility index (Phi) is 8.35. The third kappa shape index (κ3) is 6.15. The van der Waals surface area contributed by atoms with Crippen LogP contribution in [0, 0.1) is 6.92 Å². The molecular formula is C20H25N3O6. The zero-order valence-corrected chi connectivity index (χ0v) is 16.1. The van der Waals surface area contributed by atoms with Gasteiger partial charge in [0.2, 0.25) is 5.91 Å². The van der Waals surface area contributed by atoms with Crippen LogP contribution in [-0.4, -0.2) is 52.3 Å². The molecule has 0 aliphatic heterocycles. The highest BCUT2D eigenvalue weighted by Crippen LogP contribution is 2.26. The van der Waals surface area contributed by atoms with Crippen molar-refractivity contribution in [2.24, 2.45) is 0 Å². The number of aromatic nitrogens is 1. The van der Waals surface area contributed by atoms with Crippen molar-refractivity contribution >= 4 is 18.3 Å². The summed E-state index contributed by atoms with van der Waals surface area (Å²) in [6, 6.07) is 9.36. The van der Waals surface area contributed by atoms with Gasteiger partial charge in [-0.25, -0.2) is 0 Å². The number of nitrogens with one attached hydrogen (secondary N) is 2. The third-order valence-corrected chi connectivity index (χ3v) is 4.66. The topological polar surface area (TPSA) is 142 Å². The fourth-order valence-electron chi connectivity index (χ4n) is 3.42. The standard InChI is InChI=1S/C19H23N3O4.CH2O2/c1-12-17(18(22-26-12)13-6-3-2-4-7-13)19(25)21-15-9-5-8-14(10-15)20-16(24)11-23;2-1-3/h2-4,6-7,14-15,23H,5,8-11H2,1H3,(H,20,24)(H,21,25);1H,(H,2,3)/t14-,15+;/m0./s1. The quantitative estimate of drug-likeness (QED) is 0.554. The molecule has 9 nitrogen and oxygen atoms in total. The number of aliphatic hydroxyl groups is 1. The van der Waals surface area contributed by atoms with Crippen LogP contribution >= 0.6 is 0 Å². The minimum absolute atomic E-state index is 0.0362. The van der Waals surface area contributed by atoms with Gasteiger partial charge in [0.15, 0.2) is 0 Å². The number of amides is 2. The van der Waals surface area contributed by atoms with Gasteiger partial charge in [0.25, 0.3) is 12.4 Å². The van der Waals surface area contributed by atoms with Gasteiger partial charge in [-0.3, -0.25) is 14.4 Å². The van der Waals surface area contributed by atoms with E-state index in [9.17, 15) is 9.59 Å². The Morgan fingerprint density at radius 2 is 1.83 bits per heavy atom. The van der Waals surface area contributed by atoms with E-state index >= 15 is 0 Å². The van der Waals surface area contributed by atoms with E-state index in [-0.39, 0.29) is 30.4 Å². The number of carbonyl (C=O) groups is 3. The van der Waals surface area contributed by atoms with Crippen LogP contribution in [0.1, 0.15) is 41.8 Å². The number of nitrogens with zero attached hydrogens (tertiary/aromatic N) is 1. The summed E-state index contributed by atoms with van der Waals surface area (Å²) < 4.78 is 5.25. The van der Waals surface area contributed by atoms with Crippen molar-refractivity contribution in [3.8, 4) is 11.3 Å². The van der Waals surface area contributed by atoms with Gasteiger partial charge in [0.1, 0.15) is 23.6 Å². The average molecular weight is 403 g/mol. The molecule has 1 aromatic carbocycles. The lowest BCUT2D eigenvalue weighted by atomic mass is 9.90. The zero-order valence-electron chi connectivity index (χ0n) is 16.1. The van der Waals surface area contributed by atoms with Gasteiger partial charge < -0.3 is 25.4 Å². The van der Waals surface area contributed by atoms with Crippen LogP contribution in [-0.2, 0) is 9.59 Å². The second-order valence-electron chi connectivity index (χ2n) is 6.69. The fraction of sp³-hybridized carbons (Fsp3) is 0.400. The van der Waals surface area contributed by atoms with E-state index in [1.807, 2.05) is 30.3 Å². The third-order valence-electron chi connectivity index (χ3n) is 4.66. The summed E-state index contributed by atoms with van der Waals surface area (Å²) in [5, 5.41) is 25.6. The Hall–Kier alpha value is -3.20. The molecule has 0 spiro atoms. The molecule has 4 N–H and O–H groups in total. The number of benzene rings is 1. The molecule has 2 amide bonds. The van der Waals surface area contributed by atoms with E-state index in [1.165, 1.54) is 0 Å². The summed E-state index contributed by atoms with van der Waals surface area (Å²) in [6.45, 7) is 0.952. The van der Waals surface area contributed by atoms with E-state index in [4.69, 9.17) is 19.5 Å². The summed E-state index contributed by atoms with van der Waals surface area (Å²) in [7, 11) is 0. The van der Waals surface area contributed by atoms with E-state index in [1.54, 1.807) is 6.92 Å². The molecular weight excluding hydrogens is 378 g/mol. The molecule has 1 saturated carbocycles. The van der Waals surface area contributed by atoms with Gasteiger partial charge in [0.05, 0.1) is 0 Å². The minimum Gasteiger partial charge on any atom is -0.483 e. The van der Waals surface area contributed by atoms with E-state index in [0.29, 0.717) is 23.4 Å². The van der Waals surface area contributed by atoms with Crippen LogP contribution in [0.15, 0.2) is 34.9 Å². The van der Waals surface area contributed by atoms with Crippen molar-refractivity contribution in [2.45, 2.75) is 44.7 Å². The number of aliphatic hydroxyl groups excluding tert-OH is 1. The van der Waals surface area contributed by atoms with Gasteiger partial charge in [-0.2, -0.15) is 0 Å². The van der Waals surface area contributed by atoms with Crippen molar-refractivity contribution in [3.63, 3.8) is 0 Å². The van der Waals surface area contributed by atoms with Crippen LogP contribution < -0.4 is 10.6 Å². The van der Waals surface area contributed by atoms with Crippen molar-refractivity contribution < 1.29 is 29.1 Å². The van der Waals surface area contributed by atoms with Crippen molar-refractivity contribution in [2.75, 3.05) is 6.61 Å². The van der Waals surface area contributed by atoms with Crippen LogP contribution in [0.5, 0.6) is 0 Å². The summed E-state index contributed by atoms with van der Waals surface area (Å²) in [4.78, 5) is 32.6. The first-order valence-corrected chi connectivity index (χ1v) is 9.30. The Labute approximate surface area is 168 Å². The van der Waals surface area contributed by atoms with Gasteiger partial charge in [-0.15, -0.1) is 0 Å². The van der Waals surface area contributed by atoms with E-state index < -0.39 is 6.61 Å². The first kappa shape index (κ1) is 22.1. The first-order chi connectivity index (χ1) is 14.0. The minimum atomic E-state index is -0.520. The van der Waals surface area contributed by atoms with Crippen LogP contribution in [0.25, 0.3) is 11.3 Å². The number of hydrogen-bond acceptors (Lipinski definition) is 6. The maximum Gasteiger partial charge on any atom is 0.290 e. The predicted molar refractivity (Wildman–Crippen MR) is 104 cm³/mol. The first-order valence-electron chi connectivity index (χ1n) is 9.30. The Bertz CT molecular complexity index is 821. The largest absolute Gasteiger partial charge is 0.483 e. The molecule has 2 aromatic rings. The molecule has 0 unspecified atom stereocenters. The highest BCUT2D eigenvalue weighted by atomic mass is 16.5. The molecule has 1 fully saturated rings. The highest BCUT2D eigenvalue weighted by Gasteiger charge is 2.27. The summed E-state index contributed by atoms with van der Waals surface area (Å²) >= 11 is 0. The lowest BCUT2D eigenvalue weighted by molar-refractivity contribution is -0.125. The predicted octanol–water partition coefficient (Wildman–Crippen LogP) is 1.50. The molecule has 0 bridgehead atoms. The number of carboxylic acid groups (broad SMARTS) is 1. The molecule has 0 radical (unpaired) electrons. The van der Waals surface area contributed by atoms with Gasteiger partial charge in [-0.05, 0) is 32.6 Å². The average Bonchev–Trinajstić information content (AvgIpc) is 3.11. The van der Waals surface area contributed by atoms with Crippen LogP contribution in [0.4, 0.5) is 0 Å². The molecule has 1 aromatic heterocycles. The molecule has 9 heteroatoms. The molecule has 2 atom stereocenters. The lowest BCUT2D eigenvalue weighted by Gasteiger charge is -2.30. The van der Waals surface area contributed by atoms with Crippen LogP contribution in [0.2, 0.25) is 0 Å². The number of aryl methyl sites for hydroxylation is 1. The van der Waals surface area contributed by atoms with Crippen LogP contribution in [0.3, 0.4) is 0 Å². The normalized spacial score (nSPS) is 18.1. The molecule has 1 heterocycles. The van der Waals surface area contributed by atoms with E-state index in [2.05, 4.69) is 15.8 Å². The summed E-state index contributed by atoms with van der Waals surface area (Å²) in [6.07, 6.45) is 3.24. The van der Waals surface area contributed by atoms with E-state index in [0.717, 1.165) is 24.8 Å². The van der Waals surface area contributed by atoms with Crippen molar-refractivity contribution in [1.29, 1.82) is 0 Å². The molecule has 29 heavy (non-hydrogen) atoms. The molecule has 3 rings (SSSR count). The van der Waals surface area contributed by atoms with Crippen molar-refractivity contribution in [1.82, 2.24) is 15.8 Å². The number of hydrogen-bond donors (Lipinski definition) is 4. The SMILES string of the molecule is Cc1onc(-c2ccccc2)c1C(=O)N[C@@H]1CCC[C@H](NC(=O)CO)C1.O=CO. The summed E-state index contributed by atoms with van der Waals surface area (Å²) in [5.41, 5.74) is 1.80. The second kappa shape index (κ2) is 11.0. The maximum absolute atomic E-state index is 12.8. The number of carbonyl (C=O) groups excluding carboxylic acids is 2. The Morgan fingerprint density at radius 1 is 1.21 bits per heavy atom.